The molecule has 1 aromatic rings. The number of nitrogen functional groups attached to an aromatic ring is 1. The number of pyridine rings is 1. The Morgan fingerprint density at radius 2 is 2.10 bits per heavy atom. The first-order valence-corrected chi connectivity index (χ1v) is 3.73. The predicted molar refractivity (Wildman–Crippen MR) is 53.6 cm³/mol. The van der Waals surface area contributed by atoms with E-state index < -0.39 is 0 Å². The van der Waals surface area contributed by atoms with E-state index in [0.717, 1.165) is 3.57 Å². The minimum absolute atomic E-state index is 0. The molecule has 1 aromatic heterocycles. The van der Waals surface area contributed by atoms with Crippen molar-refractivity contribution in [2.24, 2.45) is 0 Å². The number of rotatable bonds is 0. The zero-order chi connectivity index (χ0) is 6.85. The van der Waals surface area contributed by atoms with Gasteiger partial charge in [0.2, 0.25) is 0 Å². The van der Waals surface area contributed by atoms with Crippen LogP contribution >= 0.6 is 46.6 Å². The van der Waals surface area contributed by atoms with Gasteiger partial charge in [0.15, 0.2) is 0 Å². The Labute approximate surface area is 83.7 Å². The van der Waals surface area contributed by atoms with Crippen molar-refractivity contribution < 1.29 is 0 Å². The molecule has 5 heteroatoms. The highest BCUT2D eigenvalue weighted by atomic mass is 127. The van der Waals surface area contributed by atoms with Crippen LogP contribution in [-0.2, 0) is 0 Å². The van der Waals surface area contributed by atoms with Crippen molar-refractivity contribution in [3.05, 3.63) is 20.9 Å². The summed E-state index contributed by atoms with van der Waals surface area (Å²) in [4.78, 5) is 3.81. The van der Waals surface area contributed by atoms with E-state index in [4.69, 9.17) is 17.3 Å². The molecule has 1 heterocycles. The molecule has 0 bridgehead atoms. The Hall–Kier alpha value is 0.260. The lowest BCUT2D eigenvalue weighted by Gasteiger charge is -1.94. The van der Waals surface area contributed by atoms with Gasteiger partial charge in [0.25, 0.3) is 0 Å². The quantitative estimate of drug-likeness (QED) is 0.588. The number of nitrogens with zero attached hydrogens (tertiary/aromatic N) is 1. The van der Waals surface area contributed by atoms with Crippen molar-refractivity contribution in [3.8, 4) is 0 Å². The third kappa shape index (κ3) is 2.48. The van der Waals surface area contributed by atoms with Crippen molar-refractivity contribution >= 4 is 52.4 Å². The Kier molecular flexibility index (Phi) is 4.31. The summed E-state index contributed by atoms with van der Waals surface area (Å²) in [5.74, 6) is 0.489. The zero-order valence-electron chi connectivity index (χ0n) is 4.84. The Morgan fingerprint density at radius 1 is 1.50 bits per heavy atom. The minimum Gasteiger partial charge on any atom is -0.383 e. The van der Waals surface area contributed by atoms with Crippen LogP contribution in [0.1, 0.15) is 0 Å². The van der Waals surface area contributed by atoms with E-state index in [-0.39, 0.29) is 12.4 Å². The number of hydrogen-bond donors (Lipinski definition) is 1. The predicted octanol–water partition coefficient (Wildman–Crippen LogP) is 2.34. The van der Waals surface area contributed by atoms with E-state index in [2.05, 4.69) is 27.6 Å². The second-order valence-electron chi connectivity index (χ2n) is 1.50. The summed E-state index contributed by atoms with van der Waals surface area (Å²) >= 11 is 7.62. The van der Waals surface area contributed by atoms with E-state index in [1.165, 1.54) is 0 Å². The highest BCUT2D eigenvalue weighted by Crippen LogP contribution is 2.14. The molecule has 0 aliphatic heterocycles. The molecule has 0 radical (unpaired) electrons. The molecule has 2 nitrogen and oxygen atoms in total. The van der Waals surface area contributed by atoms with E-state index >= 15 is 0 Å². The largest absolute Gasteiger partial charge is 0.383 e. The molecule has 0 fully saturated rings. The minimum atomic E-state index is 0. The fourth-order valence-electron chi connectivity index (χ4n) is 0.433. The van der Waals surface area contributed by atoms with E-state index in [1.807, 2.05) is 6.07 Å². The molecule has 1 rings (SSSR count). The topological polar surface area (TPSA) is 38.9 Å². The molecule has 0 amide bonds. The van der Waals surface area contributed by atoms with Gasteiger partial charge in [-0.25, -0.2) is 4.98 Å². The molecular formula is C5H5Cl2IN2. The van der Waals surface area contributed by atoms with Crippen LogP contribution in [0, 0.1) is 3.57 Å². The lowest BCUT2D eigenvalue weighted by molar-refractivity contribution is 1.32. The molecule has 0 unspecified atom stereocenters. The van der Waals surface area contributed by atoms with Crippen LogP contribution in [0.2, 0.25) is 5.15 Å². The SMILES string of the molecule is Cl.Nc1nc(Cl)ccc1I. The fourth-order valence-corrected chi connectivity index (χ4v) is 0.887. The summed E-state index contributed by atoms with van der Waals surface area (Å²) < 4.78 is 0.928. The normalized spacial score (nSPS) is 8.60. The molecule has 10 heavy (non-hydrogen) atoms. The van der Waals surface area contributed by atoms with Gasteiger partial charge in [0.1, 0.15) is 11.0 Å². The van der Waals surface area contributed by atoms with Crippen molar-refractivity contribution in [3.63, 3.8) is 0 Å². The van der Waals surface area contributed by atoms with Gasteiger partial charge in [-0.15, -0.1) is 12.4 Å². The van der Waals surface area contributed by atoms with Crippen LogP contribution in [0.15, 0.2) is 12.1 Å². The van der Waals surface area contributed by atoms with E-state index in [0.29, 0.717) is 11.0 Å². The van der Waals surface area contributed by atoms with Crippen molar-refractivity contribution in [1.29, 1.82) is 0 Å². The smallest absolute Gasteiger partial charge is 0.138 e. The van der Waals surface area contributed by atoms with Crippen LogP contribution in [0.3, 0.4) is 0 Å². The molecule has 0 spiro atoms. The summed E-state index contributed by atoms with van der Waals surface area (Å²) in [5.41, 5.74) is 5.42. The number of anilines is 1. The Balaban J connectivity index is 0.000000810. The first-order chi connectivity index (χ1) is 4.20. The van der Waals surface area contributed by atoms with Gasteiger partial charge in [0.05, 0.1) is 3.57 Å². The van der Waals surface area contributed by atoms with Gasteiger partial charge in [-0.2, -0.15) is 0 Å². The summed E-state index contributed by atoms with van der Waals surface area (Å²) in [5, 5.41) is 0.438. The summed E-state index contributed by atoms with van der Waals surface area (Å²) in [6, 6.07) is 3.53. The second-order valence-corrected chi connectivity index (χ2v) is 3.05. The van der Waals surface area contributed by atoms with Gasteiger partial charge < -0.3 is 5.73 Å². The molecule has 0 atom stereocenters. The molecule has 0 aromatic carbocycles. The fraction of sp³-hybridized carbons (Fsp3) is 0. The van der Waals surface area contributed by atoms with E-state index in [1.54, 1.807) is 6.07 Å². The van der Waals surface area contributed by atoms with Crippen LogP contribution < -0.4 is 5.73 Å². The van der Waals surface area contributed by atoms with Gasteiger partial charge in [0, 0.05) is 0 Å². The Bertz CT molecular complexity index is 229. The average Bonchev–Trinajstić information content (AvgIpc) is 1.80. The van der Waals surface area contributed by atoms with Crippen LogP contribution in [0.4, 0.5) is 5.82 Å². The van der Waals surface area contributed by atoms with E-state index in [9.17, 15) is 0 Å². The highest BCUT2D eigenvalue weighted by Gasteiger charge is 1.94. The monoisotopic (exact) mass is 290 g/mol. The molecule has 56 valence electrons. The first kappa shape index (κ1) is 10.3. The summed E-state index contributed by atoms with van der Waals surface area (Å²) in [7, 11) is 0. The number of halogens is 3. The van der Waals surface area contributed by atoms with Gasteiger partial charge in [-0.3, -0.25) is 0 Å². The maximum absolute atomic E-state index is 5.52. The summed E-state index contributed by atoms with van der Waals surface area (Å²) in [6.07, 6.45) is 0. The molecule has 0 saturated heterocycles. The average molecular weight is 291 g/mol. The summed E-state index contributed by atoms with van der Waals surface area (Å²) in [6.45, 7) is 0. The highest BCUT2D eigenvalue weighted by molar-refractivity contribution is 14.1. The molecule has 2 N–H and O–H groups in total. The Morgan fingerprint density at radius 3 is 2.50 bits per heavy atom. The first-order valence-electron chi connectivity index (χ1n) is 2.27. The lowest BCUT2D eigenvalue weighted by Crippen LogP contribution is -1.92. The standard InChI is InChI=1S/C5H4ClIN2.ClH/c6-4-2-1-3(7)5(8)9-4;/h1-2H,(H2,8,9);1H. The van der Waals surface area contributed by atoms with Crippen LogP contribution in [0.5, 0.6) is 0 Å². The number of nitrogens with two attached hydrogens (primary N) is 1. The molecular weight excluding hydrogens is 286 g/mol. The molecule has 0 saturated carbocycles. The number of aromatic nitrogens is 1. The lowest BCUT2D eigenvalue weighted by atomic mass is 10.5. The van der Waals surface area contributed by atoms with Crippen molar-refractivity contribution in [2.75, 3.05) is 5.73 Å². The van der Waals surface area contributed by atoms with Crippen molar-refractivity contribution in [2.45, 2.75) is 0 Å². The van der Waals surface area contributed by atoms with Gasteiger partial charge >= 0.3 is 0 Å². The molecule has 0 aliphatic rings. The second kappa shape index (κ2) is 4.20. The number of hydrogen-bond acceptors (Lipinski definition) is 2. The van der Waals surface area contributed by atoms with Crippen LogP contribution in [-0.4, -0.2) is 4.98 Å². The third-order valence-electron chi connectivity index (χ3n) is 0.839. The van der Waals surface area contributed by atoms with Crippen molar-refractivity contribution in [1.82, 2.24) is 4.98 Å². The maximum atomic E-state index is 5.52. The van der Waals surface area contributed by atoms with Gasteiger partial charge in [-0.05, 0) is 34.7 Å². The van der Waals surface area contributed by atoms with Crippen LogP contribution in [0.25, 0.3) is 0 Å². The molecule has 0 aliphatic carbocycles. The maximum Gasteiger partial charge on any atom is 0.138 e. The third-order valence-corrected chi connectivity index (χ3v) is 1.96. The van der Waals surface area contributed by atoms with Gasteiger partial charge in [-0.1, -0.05) is 11.6 Å². The zero-order valence-corrected chi connectivity index (χ0v) is 8.57.